The summed E-state index contributed by atoms with van der Waals surface area (Å²) in [5.41, 5.74) is 2.02. The lowest BCUT2D eigenvalue weighted by Gasteiger charge is -2.26. The first kappa shape index (κ1) is 17.5. The van der Waals surface area contributed by atoms with Gasteiger partial charge in [-0.2, -0.15) is 0 Å². The number of rotatable bonds is 6. The molecule has 0 N–H and O–H groups in total. The SMILES string of the molecule is CCC(C)(CC)S(=O)(=O)c1ccc(-c2ccc(OC)cc2)cc1. The molecule has 0 aliphatic rings. The zero-order valence-electron chi connectivity index (χ0n) is 14.2. The van der Waals surface area contributed by atoms with Crippen molar-refractivity contribution in [3.63, 3.8) is 0 Å². The molecule has 4 heteroatoms. The van der Waals surface area contributed by atoms with Gasteiger partial charge in [0.1, 0.15) is 5.75 Å². The Morgan fingerprint density at radius 2 is 1.30 bits per heavy atom. The van der Waals surface area contributed by atoms with E-state index in [0.29, 0.717) is 17.7 Å². The van der Waals surface area contributed by atoms with Crippen LogP contribution in [0.2, 0.25) is 0 Å². The topological polar surface area (TPSA) is 43.4 Å². The predicted molar refractivity (Wildman–Crippen MR) is 94.6 cm³/mol. The lowest BCUT2D eigenvalue weighted by Crippen LogP contribution is -2.33. The number of hydrogen-bond acceptors (Lipinski definition) is 3. The Morgan fingerprint density at radius 3 is 1.70 bits per heavy atom. The van der Waals surface area contributed by atoms with Crippen molar-refractivity contribution in [2.24, 2.45) is 0 Å². The summed E-state index contributed by atoms with van der Waals surface area (Å²) in [6, 6.07) is 14.9. The van der Waals surface area contributed by atoms with Crippen LogP contribution in [0.15, 0.2) is 53.4 Å². The maximum Gasteiger partial charge on any atom is 0.183 e. The fraction of sp³-hybridized carbons (Fsp3) is 0.368. The summed E-state index contributed by atoms with van der Waals surface area (Å²) in [5, 5.41) is 0. The molecule has 0 radical (unpaired) electrons. The van der Waals surface area contributed by atoms with Crippen LogP contribution in [-0.4, -0.2) is 20.3 Å². The quantitative estimate of drug-likeness (QED) is 0.769. The molecule has 2 rings (SSSR count). The molecule has 0 saturated carbocycles. The van der Waals surface area contributed by atoms with E-state index in [2.05, 4.69) is 0 Å². The Balaban J connectivity index is 2.35. The smallest absolute Gasteiger partial charge is 0.183 e. The normalized spacial score (nSPS) is 12.2. The largest absolute Gasteiger partial charge is 0.497 e. The number of hydrogen-bond donors (Lipinski definition) is 0. The van der Waals surface area contributed by atoms with Gasteiger partial charge < -0.3 is 4.74 Å². The average molecular weight is 332 g/mol. The molecule has 2 aromatic rings. The zero-order chi connectivity index (χ0) is 17.1. The second kappa shape index (κ2) is 6.75. The van der Waals surface area contributed by atoms with E-state index in [-0.39, 0.29) is 0 Å². The van der Waals surface area contributed by atoms with E-state index in [1.165, 1.54) is 0 Å². The van der Waals surface area contributed by atoms with Crippen LogP contribution in [0.4, 0.5) is 0 Å². The van der Waals surface area contributed by atoms with E-state index in [9.17, 15) is 8.42 Å². The highest BCUT2D eigenvalue weighted by Crippen LogP contribution is 2.32. The molecule has 0 saturated heterocycles. The third-order valence-electron chi connectivity index (χ3n) is 4.73. The third-order valence-corrected chi connectivity index (χ3v) is 7.50. The van der Waals surface area contributed by atoms with Crippen LogP contribution in [0.1, 0.15) is 33.6 Å². The van der Waals surface area contributed by atoms with E-state index in [0.717, 1.165) is 16.9 Å². The van der Waals surface area contributed by atoms with Gasteiger partial charge in [-0.15, -0.1) is 0 Å². The Labute approximate surface area is 139 Å². The van der Waals surface area contributed by atoms with Gasteiger partial charge >= 0.3 is 0 Å². The van der Waals surface area contributed by atoms with Gasteiger partial charge in [-0.05, 0) is 55.2 Å². The van der Waals surface area contributed by atoms with E-state index in [4.69, 9.17) is 4.74 Å². The van der Waals surface area contributed by atoms with E-state index in [1.807, 2.05) is 57.2 Å². The van der Waals surface area contributed by atoms with Gasteiger partial charge in [0.05, 0.1) is 16.8 Å². The number of sulfone groups is 1. The Hall–Kier alpha value is -1.81. The summed E-state index contributed by atoms with van der Waals surface area (Å²) < 4.78 is 30.1. The molecule has 124 valence electrons. The van der Waals surface area contributed by atoms with Crippen LogP contribution in [0.5, 0.6) is 5.75 Å². The zero-order valence-corrected chi connectivity index (χ0v) is 15.0. The maximum absolute atomic E-state index is 12.8. The molecule has 0 aromatic heterocycles. The average Bonchev–Trinajstić information content (AvgIpc) is 2.61. The molecule has 0 fully saturated rings. The summed E-state index contributed by atoms with van der Waals surface area (Å²) in [6.07, 6.45) is 1.21. The van der Waals surface area contributed by atoms with Gasteiger partial charge in [-0.3, -0.25) is 0 Å². The highest BCUT2D eigenvalue weighted by atomic mass is 32.2. The summed E-state index contributed by atoms with van der Waals surface area (Å²) in [4.78, 5) is 0.390. The van der Waals surface area contributed by atoms with Crippen molar-refractivity contribution in [1.29, 1.82) is 0 Å². The summed E-state index contributed by atoms with van der Waals surface area (Å²) in [5.74, 6) is 0.801. The van der Waals surface area contributed by atoms with Crippen LogP contribution in [0, 0.1) is 0 Å². The van der Waals surface area contributed by atoms with Crippen LogP contribution in [0.3, 0.4) is 0 Å². The van der Waals surface area contributed by atoms with Gasteiger partial charge in [0.25, 0.3) is 0 Å². The van der Waals surface area contributed by atoms with Crippen molar-refractivity contribution in [2.75, 3.05) is 7.11 Å². The number of methoxy groups -OCH3 is 1. The Morgan fingerprint density at radius 1 is 0.870 bits per heavy atom. The van der Waals surface area contributed by atoms with E-state index >= 15 is 0 Å². The second-order valence-corrected chi connectivity index (χ2v) is 8.38. The summed E-state index contributed by atoms with van der Waals surface area (Å²) in [6.45, 7) is 5.67. The summed E-state index contributed by atoms with van der Waals surface area (Å²) >= 11 is 0. The first-order valence-corrected chi connectivity index (χ1v) is 9.35. The highest BCUT2D eigenvalue weighted by molar-refractivity contribution is 7.92. The molecule has 0 amide bonds. The van der Waals surface area contributed by atoms with Gasteiger partial charge in [0, 0.05) is 0 Å². The van der Waals surface area contributed by atoms with Crippen molar-refractivity contribution in [2.45, 2.75) is 43.3 Å². The molecular formula is C19H24O3S. The van der Waals surface area contributed by atoms with E-state index in [1.54, 1.807) is 19.2 Å². The first-order valence-electron chi connectivity index (χ1n) is 7.87. The molecule has 2 aromatic carbocycles. The van der Waals surface area contributed by atoms with E-state index < -0.39 is 14.6 Å². The molecule has 0 heterocycles. The second-order valence-electron chi connectivity index (χ2n) is 5.91. The van der Waals surface area contributed by atoms with Crippen molar-refractivity contribution in [3.8, 4) is 16.9 Å². The van der Waals surface area contributed by atoms with Crippen molar-refractivity contribution in [3.05, 3.63) is 48.5 Å². The maximum atomic E-state index is 12.8. The lowest BCUT2D eigenvalue weighted by atomic mass is 10.1. The first-order chi connectivity index (χ1) is 10.9. The molecule has 0 bridgehead atoms. The standard InChI is InChI=1S/C19H24O3S/c1-5-19(3,6-2)23(20,21)18-13-9-16(10-14-18)15-7-11-17(22-4)12-8-15/h7-14H,5-6H2,1-4H3. The molecule has 0 aliphatic carbocycles. The van der Waals surface area contributed by atoms with Crippen molar-refractivity contribution in [1.82, 2.24) is 0 Å². The fourth-order valence-corrected chi connectivity index (χ4v) is 4.35. The van der Waals surface area contributed by atoms with Crippen LogP contribution in [-0.2, 0) is 9.84 Å². The van der Waals surface area contributed by atoms with Gasteiger partial charge in [-0.1, -0.05) is 38.1 Å². The van der Waals surface area contributed by atoms with Gasteiger partial charge in [-0.25, -0.2) is 8.42 Å². The van der Waals surface area contributed by atoms with Gasteiger partial charge in [0.15, 0.2) is 9.84 Å². The molecule has 0 unspecified atom stereocenters. The monoisotopic (exact) mass is 332 g/mol. The predicted octanol–water partition coefficient (Wildman–Crippen LogP) is 4.71. The third kappa shape index (κ3) is 3.27. The minimum atomic E-state index is -3.33. The van der Waals surface area contributed by atoms with Crippen molar-refractivity contribution >= 4 is 9.84 Å². The summed E-state index contributed by atoms with van der Waals surface area (Å²) in [7, 11) is -1.70. The molecule has 0 spiro atoms. The Kier molecular flexibility index (Phi) is 5.15. The number of ether oxygens (including phenoxy) is 1. The minimum absolute atomic E-state index is 0.390. The fourth-order valence-electron chi connectivity index (χ4n) is 2.52. The molecule has 23 heavy (non-hydrogen) atoms. The Bertz CT molecular complexity index is 740. The molecule has 3 nitrogen and oxygen atoms in total. The van der Waals surface area contributed by atoms with Crippen LogP contribution >= 0.6 is 0 Å². The molecule has 0 atom stereocenters. The minimum Gasteiger partial charge on any atom is -0.497 e. The molecular weight excluding hydrogens is 308 g/mol. The highest BCUT2D eigenvalue weighted by Gasteiger charge is 2.36. The number of benzene rings is 2. The van der Waals surface area contributed by atoms with Crippen LogP contribution in [0.25, 0.3) is 11.1 Å². The van der Waals surface area contributed by atoms with Gasteiger partial charge in [0.2, 0.25) is 0 Å². The van der Waals surface area contributed by atoms with Crippen LogP contribution < -0.4 is 4.74 Å². The molecule has 0 aliphatic heterocycles. The van der Waals surface area contributed by atoms with Crippen molar-refractivity contribution < 1.29 is 13.2 Å². The lowest BCUT2D eigenvalue weighted by molar-refractivity contribution is 0.415.